The minimum absolute atomic E-state index is 0.350. The van der Waals surface area contributed by atoms with Crippen LogP contribution in [0, 0.1) is 20.8 Å². The Hall–Kier alpha value is -2.36. The number of aldehydes is 1. The molecule has 4 heteroatoms. The van der Waals surface area contributed by atoms with Crippen LogP contribution in [-0.4, -0.2) is 16.3 Å². The van der Waals surface area contributed by atoms with Gasteiger partial charge in [-0.1, -0.05) is 0 Å². The number of carbonyl (C=O) groups excluding carboxylic acids is 1. The van der Waals surface area contributed by atoms with Gasteiger partial charge in [-0.25, -0.2) is 4.98 Å². The molecule has 96 valence electrons. The molecule has 1 N–H and O–H groups in total. The van der Waals surface area contributed by atoms with E-state index >= 15 is 0 Å². The molecule has 0 radical (unpaired) electrons. The van der Waals surface area contributed by atoms with Gasteiger partial charge in [0.1, 0.15) is 11.4 Å². The fraction of sp³-hybridized carbons (Fsp3) is 0.200. The summed E-state index contributed by atoms with van der Waals surface area (Å²) in [5, 5.41) is 1.08. The number of hydrogen-bond donors (Lipinski definition) is 1. The van der Waals surface area contributed by atoms with E-state index in [2.05, 4.69) is 16.9 Å². The van der Waals surface area contributed by atoms with Crippen LogP contribution >= 0.6 is 0 Å². The number of rotatable bonds is 2. The van der Waals surface area contributed by atoms with Gasteiger partial charge in [-0.2, -0.15) is 0 Å². The summed E-state index contributed by atoms with van der Waals surface area (Å²) in [6, 6.07) is 3.76. The second-order valence-corrected chi connectivity index (χ2v) is 4.71. The second kappa shape index (κ2) is 4.09. The van der Waals surface area contributed by atoms with E-state index in [0.717, 1.165) is 45.5 Å². The summed E-state index contributed by atoms with van der Waals surface area (Å²) in [5.41, 5.74) is 5.05. The Bertz CT molecular complexity index is 781. The normalized spacial score (nSPS) is 11.1. The highest BCUT2D eigenvalue weighted by Crippen LogP contribution is 2.36. The molecule has 0 aromatic carbocycles. The first-order chi connectivity index (χ1) is 9.11. The highest BCUT2D eigenvalue weighted by atomic mass is 16.3. The first kappa shape index (κ1) is 11.7. The van der Waals surface area contributed by atoms with Gasteiger partial charge in [0.15, 0.2) is 12.0 Å². The number of aryl methyl sites for hydroxylation is 3. The van der Waals surface area contributed by atoms with Gasteiger partial charge >= 0.3 is 0 Å². The van der Waals surface area contributed by atoms with Crippen LogP contribution in [0.1, 0.15) is 27.6 Å². The number of carbonyl (C=O) groups is 1. The minimum Gasteiger partial charge on any atom is -0.458 e. The number of fused-ring (bicyclic) bond motifs is 1. The number of hydrogen-bond acceptors (Lipinski definition) is 3. The number of H-pyrrole nitrogens is 1. The van der Waals surface area contributed by atoms with Gasteiger partial charge in [-0.15, -0.1) is 0 Å². The second-order valence-electron chi connectivity index (χ2n) is 4.71. The van der Waals surface area contributed by atoms with Crippen LogP contribution in [0.15, 0.2) is 22.7 Å². The smallest absolute Gasteiger partial charge is 0.185 e. The fourth-order valence-electron chi connectivity index (χ4n) is 2.54. The summed E-state index contributed by atoms with van der Waals surface area (Å²) in [5.74, 6) is 1.09. The van der Waals surface area contributed by atoms with Crippen molar-refractivity contribution in [2.24, 2.45) is 0 Å². The monoisotopic (exact) mass is 254 g/mol. The lowest BCUT2D eigenvalue weighted by atomic mass is 10.0. The fourth-order valence-corrected chi connectivity index (χ4v) is 2.54. The lowest BCUT2D eigenvalue weighted by Crippen LogP contribution is -1.82. The predicted molar refractivity (Wildman–Crippen MR) is 73.4 cm³/mol. The third-order valence-corrected chi connectivity index (χ3v) is 3.41. The lowest BCUT2D eigenvalue weighted by molar-refractivity contribution is 0.109. The van der Waals surface area contributed by atoms with Crippen molar-refractivity contribution in [2.45, 2.75) is 20.8 Å². The van der Waals surface area contributed by atoms with Crippen molar-refractivity contribution in [1.82, 2.24) is 9.97 Å². The summed E-state index contributed by atoms with van der Waals surface area (Å²) in [4.78, 5) is 18.5. The van der Waals surface area contributed by atoms with Gasteiger partial charge in [0, 0.05) is 28.4 Å². The van der Waals surface area contributed by atoms with Gasteiger partial charge < -0.3 is 9.40 Å². The first-order valence-corrected chi connectivity index (χ1v) is 6.11. The van der Waals surface area contributed by atoms with Gasteiger partial charge in [0.05, 0.1) is 0 Å². The van der Waals surface area contributed by atoms with Crippen LogP contribution in [0.2, 0.25) is 0 Å². The van der Waals surface area contributed by atoms with Gasteiger partial charge in [0.25, 0.3) is 0 Å². The number of nitrogens with one attached hydrogen (secondary N) is 1. The van der Waals surface area contributed by atoms with Crippen LogP contribution in [0.4, 0.5) is 0 Å². The van der Waals surface area contributed by atoms with Crippen molar-refractivity contribution in [1.29, 1.82) is 0 Å². The van der Waals surface area contributed by atoms with Crippen molar-refractivity contribution in [3.63, 3.8) is 0 Å². The summed E-state index contributed by atoms with van der Waals surface area (Å²) < 4.78 is 5.43. The Morgan fingerprint density at radius 3 is 2.79 bits per heavy atom. The van der Waals surface area contributed by atoms with Crippen molar-refractivity contribution in [2.75, 3.05) is 0 Å². The van der Waals surface area contributed by atoms with Crippen LogP contribution in [0.5, 0.6) is 0 Å². The van der Waals surface area contributed by atoms with Crippen LogP contribution in [0.25, 0.3) is 22.2 Å². The Labute approximate surface area is 110 Å². The molecule has 0 saturated heterocycles. The maximum atomic E-state index is 10.8. The van der Waals surface area contributed by atoms with Gasteiger partial charge in [-0.3, -0.25) is 4.79 Å². The van der Waals surface area contributed by atoms with Crippen LogP contribution < -0.4 is 0 Å². The molecule has 0 aliphatic heterocycles. The lowest BCUT2D eigenvalue weighted by Gasteiger charge is -2.01. The van der Waals surface area contributed by atoms with E-state index in [0.29, 0.717) is 5.76 Å². The minimum atomic E-state index is 0.350. The van der Waals surface area contributed by atoms with E-state index in [1.165, 1.54) is 0 Å². The zero-order chi connectivity index (χ0) is 13.6. The predicted octanol–water partition coefficient (Wildman–Crippen LogP) is 3.56. The molecule has 3 rings (SSSR count). The van der Waals surface area contributed by atoms with E-state index in [4.69, 9.17) is 4.42 Å². The molecule has 0 atom stereocenters. The van der Waals surface area contributed by atoms with E-state index in [1.807, 2.05) is 19.9 Å². The van der Waals surface area contributed by atoms with Crippen molar-refractivity contribution in [3.05, 3.63) is 41.1 Å². The van der Waals surface area contributed by atoms with Crippen molar-refractivity contribution < 1.29 is 9.21 Å². The number of furan rings is 1. The highest BCUT2D eigenvalue weighted by molar-refractivity contribution is 5.98. The SMILES string of the molecule is Cc1[nH]c2nccc(C)c2c1-c1cc(C=O)oc1C. The van der Waals surface area contributed by atoms with Gasteiger partial charge in [-0.05, 0) is 38.5 Å². The third kappa shape index (κ3) is 1.68. The zero-order valence-electron chi connectivity index (χ0n) is 11.1. The average Bonchev–Trinajstić information content (AvgIpc) is 2.89. The summed E-state index contributed by atoms with van der Waals surface area (Å²) >= 11 is 0. The molecule has 0 aliphatic carbocycles. The number of aromatic nitrogens is 2. The average molecular weight is 254 g/mol. The largest absolute Gasteiger partial charge is 0.458 e. The van der Waals surface area contributed by atoms with E-state index in [9.17, 15) is 4.79 Å². The molecule has 3 aromatic rings. The molecule has 3 heterocycles. The Kier molecular flexibility index (Phi) is 2.52. The maximum absolute atomic E-state index is 10.8. The molecule has 0 amide bonds. The topological polar surface area (TPSA) is 58.9 Å². The third-order valence-electron chi connectivity index (χ3n) is 3.41. The molecule has 0 bridgehead atoms. The Morgan fingerprint density at radius 2 is 2.11 bits per heavy atom. The molecule has 0 unspecified atom stereocenters. The first-order valence-electron chi connectivity index (χ1n) is 6.11. The molecule has 4 nitrogen and oxygen atoms in total. The van der Waals surface area contributed by atoms with Crippen molar-refractivity contribution >= 4 is 17.3 Å². The molecular weight excluding hydrogens is 240 g/mol. The molecule has 0 spiro atoms. The standard InChI is InChI=1S/C15H14N2O2/c1-8-4-5-16-15-13(8)14(9(2)17-15)12-6-11(7-18)19-10(12)3/h4-7H,1-3H3,(H,16,17). The molecule has 0 saturated carbocycles. The number of nitrogens with zero attached hydrogens (tertiary/aromatic N) is 1. The highest BCUT2D eigenvalue weighted by Gasteiger charge is 2.18. The van der Waals surface area contributed by atoms with Crippen LogP contribution in [-0.2, 0) is 0 Å². The van der Waals surface area contributed by atoms with Crippen LogP contribution in [0.3, 0.4) is 0 Å². The summed E-state index contributed by atoms with van der Waals surface area (Å²) in [6.07, 6.45) is 2.52. The Morgan fingerprint density at radius 1 is 1.32 bits per heavy atom. The zero-order valence-corrected chi connectivity index (χ0v) is 11.1. The molecular formula is C15H14N2O2. The van der Waals surface area contributed by atoms with E-state index in [-0.39, 0.29) is 0 Å². The quantitative estimate of drug-likeness (QED) is 0.711. The van der Waals surface area contributed by atoms with E-state index in [1.54, 1.807) is 12.3 Å². The van der Waals surface area contributed by atoms with E-state index < -0.39 is 0 Å². The molecule has 0 fully saturated rings. The molecule has 19 heavy (non-hydrogen) atoms. The summed E-state index contributed by atoms with van der Waals surface area (Å²) in [6.45, 7) is 5.92. The maximum Gasteiger partial charge on any atom is 0.185 e. The van der Waals surface area contributed by atoms with Crippen molar-refractivity contribution in [3.8, 4) is 11.1 Å². The van der Waals surface area contributed by atoms with Gasteiger partial charge in [0.2, 0.25) is 0 Å². The number of pyridine rings is 1. The number of aromatic amines is 1. The molecule has 3 aromatic heterocycles. The summed E-state index contributed by atoms with van der Waals surface area (Å²) in [7, 11) is 0. The Balaban J connectivity index is 2.38. The molecule has 0 aliphatic rings.